The third kappa shape index (κ3) is 3.24. The highest BCUT2D eigenvalue weighted by molar-refractivity contribution is 5.34. The molecule has 2 rings (SSSR count). The van der Waals surface area contributed by atoms with Crippen LogP contribution in [0.5, 0.6) is 0 Å². The molecule has 1 aromatic heterocycles. The Morgan fingerprint density at radius 1 is 1.21 bits per heavy atom. The van der Waals surface area contributed by atoms with Gasteiger partial charge in [0.25, 0.3) is 0 Å². The van der Waals surface area contributed by atoms with Crippen LogP contribution in [0.2, 0.25) is 0 Å². The van der Waals surface area contributed by atoms with E-state index in [0.717, 1.165) is 35.6 Å². The van der Waals surface area contributed by atoms with Gasteiger partial charge in [-0.25, -0.2) is 4.39 Å². The fourth-order valence-corrected chi connectivity index (χ4v) is 2.29. The molecule has 0 bridgehead atoms. The maximum atomic E-state index is 13.0. The number of furan rings is 1. The van der Waals surface area contributed by atoms with Crippen molar-refractivity contribution in [3.8, 4) is 0 Å². The first-order chi connectivity index (χ1) is 9.11. The number of halogens is 1. The van der Waals surface area contributed by atoms with Crippen LogP contribution in [-0.4, -0.2) is 6.54 Å². The predicted molar refractivity (Wildman–Crippen MR) is 74.7 cm³/mol. The zero-order chi connectivity index (χ0) is 13.8. The summed E-state index contributed by atoms with van der Waals surface area (Å²) in [6.07, 6.45) is 1.05. The molecule has 0 amide bonds. The molecule has 1 unspecified atom stereocenters. The van der Waals surface area contributed by atoms with E-state index in [9.17, 15) is 4.39 Å². The summed E-state index contributed by atoms with van der Waals surface area (Å²) >= 11 is 0. The standard InChI is InChI=1S/C16H20FNO/c1-4-9-18-16(13-5-7-14(17)8-6-13)15-10-11(2)19-12(15)3/h5-8,10,16,18H,4,9H2,1-3H3. The Morgan fingerprint density at radius 2 is 1.89 bits per heavy atom. The molecule has 2 nitrogen and oxygen atoms in total. The lowest BCUT2D eigenvalue weighted by Gasteiger charge is -2.18. The van der Waals surface area contributed by atoms with Crippen molar-refractivity contribution in [3.05, 3.63) is 58.8 Å². The lowest BCUT2D eigenvalue weighted by atomic mass is 9.98. The molecule has 0 radical (unpaired) electrons. The topological polar surface area (TPSA) is 25.2 Å². The first kappa shape index (κ1) is 13.8. The van der Waals surface area contributed by atoms with E-state index in [2.05, 4.69) is 12.2 Å². The minimum absolute atomic E-state index is 0.0537. The maximum absolute atomic E-state index is 13.0. The van der Waals surface area contributed by atoms with E-state index in [-0.39, 0.29) is 11.9 Å². The molecule has 19 heavy (non-hydrogen) atoms. The van der Waals surface area contributed by atoms with Crippen molar-refractivity contribution in [2.24, 2.45) is 0 Å². The Bertz CT molecular complexity index is 530. The number of hydrogen-bond donors (Lipinski definition) is 1. The summed E-state index contributed by atoms with van der Waals surface area (Å²) in [6.45, 7) is 6.94. The monoisotopic (exact) mass is 261 g/mol. The Labute approximate surface area is 113 Å². The molecule has 1 N–H and O–H groups in total. The zero-order valence-electron chi connectivity index (χ0n) is 11.7. The van der Waals surface area contributed by atoms with Gasteiger partial charge in [-0.2, -0.15) is 0 Å². The smallest absolute Gasteiger partial charge is 0.123 e. The van der Waals surface area contributed by atoms with Gasteiger partial charge in [0.2, 0.25) is 0 Å². The van der Waals surface area contributed by atoms with Gasteiger partial charge in [0.1, 0.15) is 17.3 Å². The molecular weight excluding hydrogens is 241 g/mol. The summed E-state index contributed by atoms with van der Waals surface area (Å²) in [5.74, 6) is 1.60. The molecule has 0 saturated heterocycles. The van der Waals surface area contributed by atoms with Crippen LogP contribution in [0, 0.1) is 19.7 Å². The molecule has 3 heteroatoms. The normalized spacial score (nSPS) is 12.6. The number of rotatable bonds is 5. The van der Waals surface area contributed by atoms with Crippen molar-refractivity contribution in [1.82, 2.24) is 5.32 Å². The van der Waals surface area contributed by atoms with E-state index in [1.807, 2.05) is 32.0 Å². The second-order valence-corrected chi connectivity index (χ2v) is 4.81. The van der Waals surface area contributed by atoms with Gasteiger partial charge in [-0.3, -0.25) is 0 Å². The zero-order valence-corrected chi connectivity index (χ0v) is 11.7. The second-order valence-electron chi connectivity index (χ2n) is 4.81. The van der Waals surface area contributed by atoms with Crippen LogP contribution in [0.1, 0.15) is 42.0 Å². The molecule has 0 aliphatic heterocycles. The SMILES string of the molecule is CCCNC(c1ccc(F)cc1)c1cc(C)oc1C. The molecule has 0 spiro atoms. The van der Waals surface area contributed by atoms with Crippen molar-refractivity contribution in [1.29, 1.82) is 0 Å². The predicted octanol–water partition coefficient (Wildman–Crippen LogP) is 4.12. The highest BCUT2D eigenvalue weighted by Crippen LogP contribution is 2.27. The number of nitrogens with one attached hydrogen (secondary N) is 1. The van der Waals surface area contributed by atoms with Crippen molar-refractivity contribution in [3.63, 3.8) is 0 Å². The minimum atomic E-state index is -0.210. The van der Waals surface area contributed by atoms with Gasteiger partial charge in [-0.15, -0.1) is 0 Å². The lowest BCUT2D eigenvalue weighted by Crippen LogP contribution is -2.23. The largest absolute Gasteiger partial charge is 0.466 e. The molecular formula is C16H20FNO. The van der Waals surface area contributed by atoms with E-state index in [1.165, 1.54) is 12.1 Å². The van der Waals surface area contributed by atoms with Crippen molar-refractivity contribution in [2.75, 3.05) is 6.54 Å². The first-order valence-corrected chi connectivity index (χ1v) is 6.67. The van der Waals surface area contributed by atoms with Crippen molar-refractivity contribution < 1.29 is 8.81 Å². The molecule has 1 aromatic carbocycles. The van der Waals surface area contributed by atoms with Crippen LogP contribution >= 0.6 is 0 Å². The Kier molecular flexibility index (Phi) is 4.38. The van der Waals surface area contributed by atoms with E-state index >= 15 is 0 Å². The van der Waals surface area contributed by atoms with Gasteiger partial charge in [0.05, 0.1) is 6.04 Å². The summed E-state index contributed by atoms with van der Waals surface area (Å²) in [4.78, 5) is 0. The van der Waals surface area contributed by atoms with Gasteiger partial charge in [0, 0.05) is 5.56 Å². The Hall–Kier alpha value is -1.61. The summed E-state index contributed by atoms with van der Waals surface area (Å²) in [5, 5.41) is 3.49. The quantitative estimate of drug-likeness (QED) is 0.875. The van der Waals surface area contributed by atoms with E-state index < -0.39 is 0 Å². The fourth-order valence-electron chi connectivity index (χ4n) is 2.29. The first-order valence-electron chi connectivity index (χ1n) is 6.67. The second kappa shape index (κ2) is 6.02. The third-order valence-electron chi connectivity index (χ3n) is 3.19. The molecule has 1 atom stereocenters. The minimum Gasteiger partial charge on any atom is -0.466 e. The molecule has 0 saturated carbocycles. The highest BCUT2D eigenvalue weighted by Gasteiger charge is 2.18. The van der Waals surface area contributed by atoms with Gasteiger partial charge in [-0.05, 0) is 50.6 Å². The maximum Gasteiger partial charge on any atom is 0.123 e. The number of hydrogen-bond acceptors (Lipinski definition) is 2. The van der Waals surface area contributed by atoms with Crippen molar-refractivity contribution in [2.45, 2.75) is 33.2 Å². The molecule has 0 fully saturated rings. The van der Waals surface area contributed by atoms with Gasteiger partial charge in [-0.1, -0.05) is 19.1 Å². The van der Waals surface area contributed by atoms with E-state index in [0.29, 0.717) is 0 Å². The van der Waals surface area contributed by atoms with Crippen LogP contribution in [0.4, 0.5) is 4.39 Å². The summed E-state index contributed by atoms with van der Waals surface area (Å²) < 4.78 is 18.7. The molecule has 2 aromatic rings. The highest BCUT2D eigenvalue weighted by atomic mass is 19.1. The van der Waals surface area contributed by atoms with E-state index in [4.69, 9.17) is 4.42 Å². The Morgan fingerprint density at radius 3 is 2.42 bits per heavy atom. The summed E-state index contributed by atoms with van der Waals surface area (Å²) in [5.41, 5.74) is 2.18. The molecule has 0 aliphatic carbocycles. The lowest BCUT2D eigenvalue weighted by molar-refractivity contribution is 0.493. The molecule has 1 heterocycles. The van der Waals surface area contributed by atoms with Gasteiger partial charge >= 0.3 is 0 Å². The number of benzene rings is 1. The third-order valence-corrected chi connectivity index (χ3v) is 3.19. The van der Waals surface area contributed by atoms with Crippen LogP contribution in [0.25, 0.3) is 0 Å². The van der Waals surface area contributed by atoms with Crippen LogP contribution in [-0.2, 0) is 0 Å². The van der Waals surface area contributed by atoms with Gasteiger partial charge in [0.15, 0.2) is 0 Å². The molecule has 102 valence electrons. The van der Waals surface area contributed by atoms with Crippen LogP contribution in [0.3, 0.4) is 0 Å². The Balaban J connectivity index is 2.35. The van der Waals surface area contributed by atoms with Gasteiger partial charge < -0.3 is 9.73 Å². The van der Waals surface area contributed by atoms with Crippen LogP contribution < -0.4 is 5.32 Å². The number of aryl methyl sites for hydroxylation is 2. The van der Waals surface area contributed by atoms with E-state index in [1.54, 1.807) is 0 Å². The van der Waals surface area contributed by atoms with Crippen LogP contribution in [0.15, 0.2) is 34.7 Å². The fraction of sp³-hybridized carbons (Fsp3) is 0.375. The average Bonchev–Trinajstić information content (AvgIpc) is 2.71. The summed E-state index contributed by atoms with van der Waals surface area (Å²) in [6, 6.07) is 8.75. The molecule has 0 aliphatic rings. The van der Waals surface area contributed by atoms with Crippen molar-refractivity contribution >= 4 is 0 Å². The summed E-state index contributed by atoms with van der Waals surface area (Å²) in [7, 11) is 0. The average molecular weight is 261 g/mol.